The van der Waals surface area contributed by atoms with Crippen molar-refractivity contribution in [3.63, 3.8) is 0 Å². The van der Waals surface area contributed by atoms with E-state index in [1.165, 1.54) is 0 Å². The van der Waals surface area contributed by atoms with Crippen molar-refractivity contribution >= 4 is 40.7 Å². The number of anilines is 1. The first-order chi connectivity index (χ1) is 12.5. The molecule has 1 unspecified atom stereocenters. The number of amides is 2. The van der Waals surface area contributed by atoms with Crippen molar-refractivity contribution in [3.05, 3.63) is 28.2 Å². The number of nitrogens with one attached hydrogen (secondary N) is 1. The summed E-state index contributed by atoms with van der Waals surface area (Å²) < 4.78 is 5.31. The number of carbonyl (C=O) groups excluding carboxylic acids is 2. The average Bonchev–Trinajstić information content (AvgIpc) is 2.64. The number of piperidine rings is 1. The number of morpholine rings is 1. The van der Waals surface area contributed by atoms with E-state index in [1.54, 1.807) is 18.2 Å². The summed E-state index contributed by atoms with van der Waals surface area (Å²) in [5.41, 5.74) is 0.541. The van der Waals surface area contributed by atoms with E-state index in [0.717, 1.165) is 19.4 Å². The number of hydrogen-bond acceptors (Lipinski definition) is 4. The molecule has 2 amide bonds. The third-order valence-electron chi connectivity index (χ3n) is 4.75. The zero-order valence-electron chi connectivity index (χ0n) is 14.5. The molecular weight excluding hydrogens is 377 g/mol. The van der Waals surface area contributed by atoms with Crippen molar-refractivity contribution in [1.82, 2.24) is 9.80 Å². The summed E-state index contributed by atoms with van der Waals surface area (Å²) in [5.74, 6) is -0.0124. The molecule has 2 fully saturated rings. The maximum Gasteiger partial charge on any atom is 0.238 e. The Morgan fingerprint density at radius 3 is 2.69 bits per heavy atom. The second-order valence-corrected chi connectivity index (χ2v) is 7.53. The quantitative estimate of drug-likeness (QED) is 0.844. The van der Waals surface area contributed by atoms with Crippen molar-refractivity contribution in [3.8, 4) is 0 Å². The van der Waals surface area contributed by atoms with Crippen molar-refractivity contribution < 1.29 is 14.3 Å². The lowest BCUT2D eigenvalue weighted by molar-refractivity contribution is -0.141. The first-order valence-electron chi connectivity index (χ1n) is 8.87. The Hall–Kier alpha value is -1.34. The average molecular weight is 400 g/mol. The fourth-order valence-electron chi connectivity index (χ4n) is 3.43. The Kier molecular flexibility index (Phi) is 6.75. The zero-order valence-corrected chi connectivity index (χ0v) is 16.1. The number of ether oxygens (including phenoxy) is 1. The molecule has 1 N–H and O–H groups in total. The molecule has 6 nitrogen and oxygen atoms in total. The van der Waals surface area contributed by atoms with Crippen molar-refractivity contribution in [1.29, 1.82) is 0 Å². The van der Waals surface area contributed by atoms with Crippen LogP contribution in [0.4, 0.5) is 5.69 Å². The summed E-state index contributed by atoms with van der Waals surface area (Å²) in [5, 5.41) is 3.74. The molecule has 0 aromatic heterocycles. The predicted molar refractivity (Wildman–Crippen MR) is 102 cm³/mol. The van der Waals surface area contributed by atoms with Crippen LogP contribution in [0.15, 0.2) is 18.2 Å². The normalized spacial score (nSPS) is 21.5. The first kappa shape index (κ1) is 19.4. The number of rotatable bonds is 4. The van der Waals surface area contributed by atoms with Gasteiger partial charge in [0.15, 0.2) is 0 Å². The van der Waals surface area contributed by atoms with E-state index >= 15 is 0 Å². The Labute approximate surface area is 163 Å². The summed E-state index contributed by atoms with van der Waals surface area (Å²) in [4.78, 5) is 28.9. The van der Waals surface area contributed by atoms with Crippen molar-refractivity contribution in [2.24, 2.45) is 5.92 Å². The Bertz CT molecular complexity index is 665. The van der Waals surface area contributed by atoms with Gasteiger partial charge < -0.3 is 15.0 Å². The number of nitrogens with zero attached hydrogens (tertiary/aromatic N) is 2. The molecule has 0 saturated carbocycles. The van der Waals surface area contributed by atoms with Gasteiger partial charge in [0.1, 0.15) is 0 Å². The highest BCUT2D eigenvalue weighted by atomic mass is 35.5. The predicted octanol–water partition coefficient (Wildman–Crippen LogP) is 2.50. The van der Waals surface area contributed by atoms with Crippen LogP contribution in [0.25, 0.3) is 0 Å². The van der Waals surface area contributed by atoms with E-state index in [2.05, 4.69) is 5.32 Å². The monoisotopic (exact) mass is 399 g/mol. The maximum atomic E-state index is 12.7. The van der Waals surface area contributed by atoms with Gasteiger partial charge in [-0.25, -0.2) is 0 Å². The second kappa shape index (κ2) is 9.04. The molecule has 2 heterocycles. The van der Waals surface area contributed by atoms with Gasteiger partial charge in [-0.2, -0.15) is 0 Å². The minimum atomic E-state index is -0.145. The van der Waals surface area contributed by atoms with Gasteiger partial charge in [0.05, 0.1) is 36.4 Å². The molecule has 2 aliphatic heterocycles. The summed E-state index contributed by atoms with van der Waals surface area (Å²) in [6.45, 7) is 4.19. The molecule has 0 spiro atoms. The lowest BCUT2D eigenvalue weighted by atomic mass is 9.96. The van der Waals surface area contributed by atoms with Gasteiger partial charge in [-0.05, 0) is 37.6 Å². The van der Waals surface area contributed by atoms with Crippen LogP contribution in [0.5, 0.6) is 0 Å². The third kappa shape index (κ3) is 5.10. The molecule has 8 heteroatoms. The number of hydrogen-bond donors (Lipinski definition) is 1. The van der Waals surface area contributed by atoms with Crippen molar-refractivity contribution in [2.75, 3.05) is 51.3 Å². The molecule has 1 aromatic carbocycles. The Morgan fingerprint density at radius 1 is 1.19 bits per heavy atom. The lowest BCUT2D eigenvalue weighted by Gasteiger charge is -2.35. The van der Waals surface area contributed by atoms with Gasteiger partial charge >= 0.3 is 0 Å². The van der Waals surface area contributed by atoms with Crippen LogP contribution >= 0.6 is 23.2 Å². The van der Waals surface area contributed by atoms with E-state index in [4.69, 9.17) is 27.9 Å². The van der Waals surface area contributed by atoms with Crippen LogP contribution in [-0.2, 0) is 14.3 Å². The van der Waals surface area contributed by atoms with Gasteiger partial charge in [-0.15, -0.1) is 0 Å². The molecule has 0 radical (unpaired) electrons. The van der Waals surface area contributed by atoms with Crippen LogP contribution in [0, 0.1) is 5.92 Å². The van der Waals surface area contributed by atoms with Crippen LogP contribution in [0.1, 0.15) is 12.8 Å². The highest BCUT2D eigenvalue weighted by Gasteiger charge is 2.30. The molecule has 1 aromatic rings. The summed E-state index contributed by atoms with van der Waals surface area (Å²) >= 11 is 12.0. The Morgan fingerprint density at radius 2 is 1.96 bits per heavy atom. The largest absolute Gasteiger partial charge is 0.378 e. The molecular formula is C18H23Cl2N3O3. The van der Waals surface area contributed by atoms with E-state index in [0.29, 0.717) is 48.6 Å². The number of halogens is 2. The topological polar surface area (TPSA) is 61.9 Å². The first-order valence-corrected chi connectivity index (χ1v) is 9.62. The molecule has 1 atom stereocenters. The molecule has 2 aliphatic rings. The van der Waals surface area contributed by atoms with E-state index in [1.807, 2.05) is 9.80 Å². The molecule has 0 aliphatic carbocycles. The van der Waals surface area contributed by atoms with E-state index in [-0.39, 0.29) is 24.3 Å². The van der Waals surface area contributed by atoms with Gasteiger partial charge in [-0.1, -0.05) is 23.2 Å². The van der Waals surface area contributed by atoms with Gasteiger partial charge in [0, 0.05) is 24.7 Å². The fraction of sp³-hybridized carbons (Fsp3) is 0.556. The van der Waals surface area contributed by atoms with Crippen LogP contribution in [-0.4, -0.2) is 67.6 Å². The zero-order chi connectivity index (χ0) is 18.5. The highest BCUT2D eigenvalue weighted by Crippen LogP contribution is 2.25. The minimum Gasteiger partial charge on any atom is -0.378 e. The van der Waals surface area contributed by atoms with Crippen LogP contribution < -0.4 is 5.32 Å². The molecule has 142 valence electrons. The standard InChI is InChI=1S/C18H23Cl2N3O3/c19-14-3-4-16(15(20)10-14)21-17(24)12-22-5-1-2-13(11-22)18(25)23-6-8-26-9-7-23/h3-4,10,13H,1-2,5-9,11-12H2,(H,21,24). The number of benzene rings is 1. The SMILES string of the molecule is O=C(CN1CCCC(C(=O)N2CCOCC2)C1)Nc1ccc(Cl)cc1Cl. The molecule has 2 saturated heterocycles. The molecule has 0 bridgehead atoms. The van der Waals surface area contributed by atoms with Gasteiger partial charge in [-0.3, -0.25) is 14.5 Å². The Balaban J connectivity index is 1.52. The molecule has 3 rings (SSSR count). The summed E-state index contributed by atoms with van der Waals surface area (Å²) in [6.07, 6.45) is 1.78. The summed E-state index contributed by atoms with van der Waals surface area (Å²) in [6, 6.07) is 4.96. The highest BCUT2D eigenvalue weighted by molar-refractivity contribution is 6.36. The minimum absolute atomic E-state index is 0.0474. The summed E-state index contributed by atoms with van der Waals surface area (Å²) in [7, 11) is 0. The number of likely N-dealkylation sites (tertiary alicyclic amines) is 1. The number of carbonyl (C=O) groups is 2. The van der Waals surface area contributed by atoms with Gasteiger partial charge in [0.25, 0.3) is 0 Å². The smallest absolute Gasteiger partial charge is 0.238 e. The van der Waals surface area contributed by atoms with Crippen molar-refractivity contribution in [2.45, 2.75) is 12.8 Å². The van der Waals surface area contributed by atoms with E-state index in [9.17, 15) is 9.59 Å². The molecule has 26 heavy (non-hydrogen) atoms. The third-order valence-corrected chi connectivity index (χ3v) is 5.30. The second-order valence-electron chi connectivity index (χ2n) is 6.68. The van der Waals surface area contributed by atoms with Crippen LogP contribution in [0.2, 0.25) is 10.0 Å². The van der Waals surface area contributed by atoms with E-state index < -0.39 is 0 Å². The fourth-order valence-corrected chi connectivity index (χ4v) is 3.88. The van der Waals surface area contributed by atoms with Gasteiger partial charge in [0.2, 0.25) is 11.8 Å². The lowest BCUT2D eigenvalue weighted by Crippen LogP contribution is -2.49. The maximum absolute atomic E-state index is 12.7. The van der Waals surface area contributed by atoms with Crippen LogP contribution in [0.3, 0.4) is 0 Å².